The molecule has 0 heterocycles. The van der Waals surface area contributed by atoms with Crippen LogP contribution in [0, 0.1) is 0 Å². The number of carbonyl (C=O) groups is 4. The molecule has 228 valence electrons. The molecule has 4 N–H and O–H groups in total. The second kappa shape index (κ2) is 13.2. The van der Waals surface area contributed by atoms with Crippen LogP contribution in [-0.4, -0.2) is 63.6 Å². The predicted molar refractivity (Wildman–Crippen MR) is 126 cm³/mol. The molecule has 2 aliphatic carbocycles. The molecule has 0 aromatic heterocycles. The Kier molecular flexibility index (Phi) is 12.3. The molecule has 0 spiro atoms. The largest absolute Gasteiger partial charge is 0.481 e. The topological polar surface area (TPSA) is 145 Å². The maximum Gasteiger partial charge on any atom is 0.411 e. The molecule has 0 aliphatic heterocycles. The van der Waals surface area contributed by atoms with Gasteiger partial charge in [0.25, 0.3) is 0 Å². The van der Waals surface area contributed by atoms with Crippen LogP contribution in [0.25, 0.3) is 0 Å². The maximum atomic E-state index is 12.6. The molecule has 15 heteroatoms. The highest BCUT2D eigenvalue weighted by molar-refractivity contribution is 5.82. The van der Waals surface area contributed by atoms with Crippen molar-refractivity contribution in [3.05, 3.63) is 0 Å². The number of carboxylic acids is 1. The van der Waals surface area contributed by atoms with Crippen LogP contribution in [0.4, 0.5) is 26.3 Å². The van der Waals surface area contributed by atoms with Gasteiger partial charge >= 0.3 is 30.3 Å². The average molecular weight is 581 g/mol. The Morgan fingerprint density at radius 2 is 1.10 bits per heavy atom. The molecule has 0 atom stereocenters. The first-order chi connectivity index (χ1) is 17.2. The normalized spacial score (nSPS) is 17.3. The first-order valence-electron chi connectivity index (χ1n) is 12.1. The van der Waals surface area contributed by atoms with E-state index in [-0.39, 0.29) is 51.4 Å². The Morgan fingerprint density at radius 1 is 0.718 bits per heavy atom. The van der Waals surface area contributed by atoms with Crippen molar-refractivity contribution >= 4 is 23.8 Å². The zero-order chi connectivity index (χ0) is 31.1. The van der Waals surface area contributed by atoms with E-state index < -0.39 is 58.4 Å². The Hall–Kier alpha value is -2.58. The predicted octanol–water partition coefficient (Wildman–Crippen LogP) is 4.55. The van der Waals surface area contributed by atoms with Gasteiger partial charge in [0.1, 0.15) is 22.3 Å². The van der Waals surface area contributed by atoms with Gasteiger partial charge in [0.15, 0.2) is 0 Å². The van der Waals surface area contributed by atoms with Gasteiger partial charge in [0, 0.05) is 6.42 Å². The summed E-state index contributed by atoms with van der Waals surface area (Å²) in [6.07, 6.45) is -9.39. The molecule has 0 saturated heterocycles. The van der Waals surface area contributed by atoms with Gasteiger partial charge in [-0.2, -0.15) is 26.3 Å². The van der Waals surface area contributed by atoms with Crippen molar-refractivity contribution in [2.75, 3.05) is 0 Å². The summed E-state index contributed by atoms with van der Waals surface area (Å²) in [5.41, 5.74) is -0.287. The first kappa shape index (κ1) is 36.4. The number of aliphatic carboxylic acids is 1. The maximum absolute atomic E-state index is 12.6. The minimum Gasteiger partial charge on any atom is -0.481 e. The lowest BCUT2D eigenvalue weighted by Crippen LogP contribution is -2.47. The fourth-order valence-electron chi connectivity index (χ4n) is 2.56. The lowest BCUT2D eigenvalue weighted by atomic mass is 10.2. The fourth-order valence-corrected chi connectivity index (χ4v) is 2.56. The van der Waals surface area contributed by atoms with Crippen LogP contribution >= 0.6 is 0 Å². The number of alkyl halides is 6. The van der Waals surface area contributed by atoms with Gasteiger partial charge in [-0.25, -0.2) is 0 Å². The number of nitrogens with one attached hydrogen (secondary N) is 1. The smallest absolute Gasteiger partial charge is 0.411 e. The van der Waals surface area contributed by atoms with Crippen LogP contribution in [0.3, 0.4) is 0 Å². The number of carbonyl (C=O) groups excluding carboxylic acids is 3. The second-order valence-corrected chi connectivity index (χ2v) is 11.3. The lowest BCUT2D eigenvalue weighted by molar-refractivity contribution is -0.170. The molecule has 0 aromatic carbocycles. The van der Waals surface area contributed by atoms with Crippen LogP contribution in [0.5, 0.6) is 0 Å². The Labute approximate surface area is 223 Å². The number of halogens is 6. The van der Waals surface area contributed by atoms with Gasteiger partial charge in [-0.3, -0.25) is 19.2 Å². The van der Waals surface area contributed by atoms with Gasteiger partial charge < -0.3 is 25.6 Å². The van der Waals surface area contributed by atoms with Crippen molar-refractivity contribution in [3.63, 3.8) is 0 Å². The van der Waals surface area contributed by atoms with Crippen molar-refractivity contribution in [2.45, 2.75) is 128 Å². The minimum atomic E-state index is -4.44. The highest BCUT2D eigenvalue weighted by Gasteiger charge is 2.64. The van der Waals surface area contributed by atoms with Crippen LogP contribution < -0.4 is 11.1 Å². The van der Waals surface area contributed by atoms with E-state index in [0.717, 1.165) is 0 Å². The number of hydrogen-bond acceptors (Lipinski definition) is 7. The van der Waals surface area contributed by atoms with E-state index in [2.05, 4.69) is 0 Å². The summed E-state index contributed by atoms with van der Waals surface area (Å²) in [6, 6.07) is 0. The minimum absolute atomic E-state index is 0.0629. The van der Waals surface area contributed by atoms with Crippen LogP contribution in [0.15, 0.2) is 0 Å². The number of hydrogen-bond donors (Lipinski definition) is 3. The Morgan fingerprint density at radius 3 is 1.33 bits per heavy atom. The third-order valence-electron chi connectivity index (χ3n) is 4.96. The summed E-state index contributed by atoms with van der Waals surface area (Å²) in [5.74, 6) is -2.83. The van der Waals surface area contributed by atoms with Crippen LogP contribution in [0.1, 0.15) is 92.9 Å². The summed E-state index contributed by atoms with van der Waals surface area (Å²) in [5, 5.41) is 10.2. The van der Waals surface area contributed by atoms with Gasteiger partial charge in [-0.15, -0.1) is 0 Å². The number of rotatable bonds is 7. The third kappa shape index (κ3) is 15.6. The fraction of sp³-hybridized carbons (Fsp3) is 0.833. The second-order valence-electron chi connectivity index (χ2n) is 11.3. The average Bonchev–Trinajstić information content (AvgIpc) is 3.60. The molecule has 9 nitrogen and oxygen atoms in total. The quantitative estimate of drug-likeness (QED) is 0.294. The molecule has 2 saturated carbocycles. The van der Waals surface area contributed by atoms with E-state index in [1.54, 1.807) is 41.5 Å². The zero-order valence-corrected chi connectivity index (χ0v) is 22.9. The lowest BCUT2D eigenvalue weighted by Gasteiger charge is -2.21. The molecule has 2 rings (SSSR count). The highest BCUT2D eigenvalue weighted by atomic mass is 19.4. The number of ether oxygens (including phenoxy) is 2. The van der Waals surface area contributed by atoms with Crippen LogP contribution in [0.2, 0.25) is 0 Å². The van der Waals surface area contributed by atoms with Gasteiger partial charge in [0.2, 0.25) is 5.91 Å². The van der Waals surface area contributed by atoms with E-state index in [1.807, 2.05) is 5.32 Å². The van der Waals surface area contributed by atoms with E-state index >= 15 is 0 Å². The number of nitrogens with two attached hydrogens (primary N) is 1. The highest BCUT2D eigenvalue weighted by Crippen LogP contribution is 2.49. The molecule has 2 fully saturated rings. The van der Waals surface area contributed by atoms with Gasteiger partial charge in [-0.05, 0) is 67.2 Å². The summed E-state index contributed by atoms with van der Waals surface area (Å²) in [7, 11) is 0. The Bertz CT molecular complexity index is 863. The first-order valence-corrected chi connectivity index (χ1v) is 12.1. The van der Waals surface area contributed by atoms with Crippen molar-refractivity contribution < 1.29 is 60.1 Å². The molecule has 0 unspecified atom stereocenters. The standard InChI is InChI=1S/C12H18F3NO3.C8H14O4.C4H6F3N/c1-10(2,3)19-9(18)5-4-8(17)16-11(6-7-11)12(13,14)15;1-8(2,3)12-7(11)5-4-6(9)10;5-4(6,7)3(8)1-2-3/h4-7H2,1-3H3,(H,16,17);4-5H2,1-3H3,(H,9,10);1-2,8H2. The van der Waals surface area contributed by atoms with Crippen molar-refractivity contribution in [1.82, 2.24) is 5.32 Å². The summed E-state index contributed by atoms with van der Waals surface area (Å²) >= 11 is 0. The summed E-state index contributed by atoms with van der Waals surface area (Å²) < 4.78 is 82.1. The van der Waals surface area contributed by atoms with E-state index in [0.29, 0.717) is 0 Å². The molecule has 0 aromatic rings. The van der Waals surface area contributed by atoms with E-state index in [4.69, 9.17) is 20.3 Å². The number of amides is 1. The third-order valence-corrected chi connectivity index (χ3v) is 4.96. The van der Waals surface area contributed by atoms with E-state index in [9.17, 15) is 45.5 Å². The van der Waals surface area contributed by atoms with Crippen molar-refractivity contribution in [1.29, 1.82) is 0 Å². The molecular weight excluding hydrogens is 542 g/mol. The number of esters is 2. The van der Waals surface area contributed by atoms with Crippen molar-refractivity contribution in [3.8, 4) is 0 Å². The molecule has 39 heavy (non-hydrogen) atoms. The van der Waals surface area contributed by atoms with Gasteiger partial charge in [0.05, 0.1) is 19.3 Å². The summed E-state index contributed by atoms with van der Waals surface area (Å²) in [6.45, 7) is 10.2. The zero-order valence-electron chi connectivity index (χ0n) is 22.9. The SMILES string of the molecule is CC(C)(C)OC(=O)CCC(=O)NC1(C(F)(F)F)CC1.CC(C)(C)OC(=O)CCC(=O)O.NC1(C(F)(F)F)CC1. The Balaban J connectivity index is 0.000000614. The van der Waals surface area contributed by atoms with Gasteiger partial charge in [-0.1, -0.05) is 0 Å². The molecule has 0 radical (unpaired) electrons. The molecule has 1 amide bonds. The monoisotopic (exact) mass is 580 g/mol. The molecule has 2 aliphatic rings. The van der Waals surface area contributed by atoms with Crippen molar-refractivity contribution in [2.24, 2.45) is 5.73 Å². The molecule has 0 bridgehead atoms. The number of carboxylic acid groups (broad SMARTS) is 1. The molecular formula is C24H38F6N2O7. The van der Waals surface area contributed by atoms with Crippen LogP contribution in [-0.2, 0) is 28.7 Å². The summed E-state index contributed by atoms with van der Waals surface area (Å²) in [4.78, 5) is 43.7. The van der Waals surface area contributed by atoms with E-state index in [1.165, 1.54) is 0 Å².